The minimum absolute atomic E-state index is 0.107. The maximum Gasteiger partial charge on any atom is 0.344 e. The quantitative estimate of drug-likeness (QED) is 0.410. The molecule has 210 valence electrons. The van der Waals surface area contributed by atoms with Crippen LogP contribution in [0.25, 0.3) is 6.08 Å². The number of ketones is 1. The molecule has 1 aromatic heterocycles. The van der Waals surface area contributed by atoms with Gasteiger partial charge in [0.1, 0.15) is 5.60 Å². The summed E-state index contributed by atoms with van der Waals surface area (Å²) >= 11 is 0. The van der Waals surface area contributed by atoms with Gasteiger partial charge in [-0.1, -0.05) is 6.07 Å². The Morgan fingerprint density at radius 3 is 2.60 bits per heavy atom. The summed E-state index contributed by atoms with van der Waals surface area (Å²) in [5.41, 5.74) is 2.07. The molecule has 0 bridgehead atoms. The van der Waals surface area contributed by atoms with E-state index in [0.717, 1.165) is 6.42 Å². The molecule has 10 heteroatoms. The summed E-state index contributed by atoms with van der Waals surface area (Å²) in [6, 6.07) is 5.10. The number of hydrogen-bond acceptors (Lipinski definition) is 8. The SMILES string of the molecule is COC(=O)c1c(C)[nH]c2c1[C@@]13C[C@@H]1CN(C(=O)/C=C/c1ccc(OC)c(OCC(=O)OC(C)(C)C)c1)C3=CC2=O. The molecule has 1 amide bonds. The van der Waals surface area contributed by atoms with Crippen LogP contribution < -0.4 is 9.47 Å². The Bertz CT molecular complexity index is 1490. The van der Waals surface area contributed by atoms with Gasteiger partial charge in [-0.2, -0.15) is 0 Å². The molecule has 1 aromatic carbocycles. The number of H-pyrrole nitrogens is 1. The molecule has 2 heterocycles. The number of aryl methyl sites for hydroxylation is 1. The molecular weight excluding hydrogens is 516 g/mol. The average molecular weight is 549 g/mol. The van der Waals surface area contributed by atoms with Gasteiger partial charge in [-0.3, -0.25) is 9.59 Å². The third-order valence-corrected chi connectivity index (χ3v) is 7.43. The van der Waals surface area contributed by atoms with Crippen molar-refractivity contribution in [2.24, 2.45) is 5.92 Å². The van der Waals surface area contributed by atoms with E-state index < -0.39 is 23.0 Å². The summed E-state index contributed by atoms with van der Waals surface area (Å²) in [4.78, 5) is 55.8. The third kappa shape index (κ3) is 4.57. The number of nitrogens with one attached hydrogen (secondary N) is 1. The minimum atomic E-state index is -0.634. The van der Waals surface area contributed by atoms with Crippen molar-refractivity contribution in [1.82, 2.24) is 9.88 Å². The minimum Gasteiger partial charge on any atom is -0.493 e. The highest BCUT2D eigenvalue weighted by Gasteiger charge is 2.68. The highest BCUT2D eigenvalue weighted by atomic mass is 16.6. The van der Waals surface area contributed by atoms with E-state index in [0.29, 0.717) is 51.8 Å². The number of aromatic nitrogens is 1. The van der Waals surface area contributed by atoms with Crippen LogP contribution in [0.5, 0.6) is 11.5 Å². The number of carbonyl (C=O) groups is 4. The van der Waals surface area contributed by atoms with E-state index in [2.05, 4.69) is 4.98 Å². The Kier molecular flexibility index (Phi) is 6.60. The predicted molar refractivity (Wildman–Crippen MR) is 144 cm³/mol. The molecule has 2 atom stereocenters. The molecule has 5 rings (SSSR count). The first-order valence-electron chi connectivity index (χ1n) is 13.0. The molecule has 2 aliphatic carbocycles. The zero-order valence-corrected chi connectivity index (χ0v) is 23.4. The molecule has 0 unspecified atom stereocenters. The zero-order valence-electron chi connectivity index (χ0n) is 23.4. The first-order chi connectivity index (χ1) is 18.9. The highest BCUT2D eigenvalue weighted by molar-refractivity contribution is 6.11. The van der Waals surface area contributed by atoms with E-state index >= 15 is 0 Å². The number of amides is 1. The summed E-state index contributed by atoms with van der Waals surface area (Å²) in [6.07, 6.45) is 5.33. The van der Waals surface area contributed by atoms with Crippen LogP contribution in [-0.4, -0.2) is 66.5 Å². The van der Waals surface area contributed by atoms with Gasteiger partial charge >= 0.3 is 11.9 Å². The molecule has 1 saturated heterocycles. The second-order valence-electron chi connectivity index (χ2n) is 11.2. The fourth-order valence-corrected chi connectivity index (χ4v) is 5.76. The highest BCUT2D eigenvalue weighted by Crippen LogP contribution is 2.67. The van der Waals surface area contributed by atoms with Gasteiger partial charge in [-0.05, 0) is 63.8 Å². The molecule has 3 aliphatic rings. The molecule has 0 radical (unpaired) electrons. The number of methoxy groups -OCH3 is 2. The summed E-state index contributed by atoms with van der Waals surface area (Å²) in [7, 11) is 2.80. The Morgan fingerprint density at radius 2 is 1.93 bits per heavy atom. The van der Waals surface area contributed by atoms with Crippen LogP contribution in [0.2, 0.25) is 0 Å². The fraction of sp³-hybridized carbons (Fsp3) is 0.400. The van der Waals surface area contributed by atoms with Crippen molar-refractivity contribution in [1.29, 1.82) is 0 Å². The molecule has 1 spiro atoms. The molecule has 40 heavy (non-hydrogen) atoms. The molecular formula is C30H32N2O8. The lowest BCUT2D eigenvalue weighted by atomic mass is 9.82. The van der Waals surface area contributed by atoms with Crippen molar-refractivity contribution in [3.63, 3.8) is 0 Å². The van der Waals surface area contributed by atoms with Gasteiger partial charge in [0, 0.05) is 41.1 Å². The Hall–Kier alpha value is -4.34. The molecule has 1 N–H and O–H groups in total. The van der Waals surface area contributed by atoms with Crippen LogP contribution in [0, 0.1) is 12.8 Å². The largest absolute Gasteiger partial charge is 0.493 e. The van der Waals surface area contributed by atoms with Crippen molar-refractivity contribution in [3.05, 3.63) is 64.1 Å². The number of aromatic amines is 1. The summed E-state index contributed by atoms with van der Waals surface area (Å²) in [6.45, 7) is 7.21. The van der Waals surface area contributed by atoms with E-state index in [1.165, 1.54) is 26.4 Å². The molecule has 1 aliphatic heterocycles. The van der Waals surface area contributed by atoms with Crippen LogP contribution in [0.4, 0.5) is 0 Å². The van der Waals surface area contributed by atoms with Crippen molar-refractivity contribution in [2.75, 3.05) is 27.4 Å². The third-order valence-electron chi connectivity index (χ3n) is 7.43. The van der Waals surface area contributed by atoms with Crippen molar-refractivity contribution >= 4 is 29.7 Å². The van der Waals surface area contributed by atoms with Crippen LogP contribution in [0.15, 0.2) is 36.0 Å². The lowest BCUT2D eigenvalue weighted by Crippen LogP contribution is -2.33. The monoisotopic (exact) mass is 548 g/mol. The summed E-state index contributed by atoms with van der Waals surface area (Å²) < 4.78 is 21.3. The number of hydrogen-bond donors (Lipinski definition) is 1. The number of esters is 2. The predicted octanol–water partition coefficient (Wildman–Crippen LogP) is 3.73. The normalized spacial score (nSPS) is 20.9. The maximum absolute atomic E-state index is 13.4. The van der Waals surface area contributed by atoms with Crippen LogP contribution in [0.3, 0.4) is 0 Å². The number of piperidine rings is 1. The Labute approximate surface area is 231 Å². The van der Waals surface area contributed by atoms with Crippen molar-refractivity contribution in [3.8, 4) is 11.5 Å². The van der Waals surface area contributed by atoms with Gasteiger partial charge in [-0.15, -0.1) is 0 Å². The first kappa shape index (κ1) is 27.2. The Balaban J connectivity index is 1.35. The summed E-state index contributed by atoms with van der Waals surface area (Å²) in [5, 5.41) is 0. The number of benzene rings is 1. The van der Waals surface area contributed by atoms with Gasteiger partial charge in [0.25, 0.3) is 5.91 Å². The van der Waals surface area contributed by atoms with Crippen molar-refractivity contribution < 1.29 is 38.1 Å². The number of likely N-dealkylation sites (tertiary alicyclic amines) is 1. The second-order valence-corrected chi connectivity index (χ2v) is 11.2. The first-order valence-corrected chi connectivity index (χ1v) is 13.0. The van der Waals surface area contributed by atoms with E-state index in [4.69, 9.17) is 18.9 Å². The molecule has 2 aromatic rings. The lowest BCUT2D eigenvalue weighted by Gasteiger charge is -2.27. The number of allylic oxidation sites excluding steroid dienone is 2. The van der Waals surface area contributed by atoms with Crippen LogP contribution in [-0.2, 0) is 24.5 Å². The Morgan fingerprint density at radius 1 is 1.18 bits per heavy atom. The number of ether oxygens (including phenoxy) is 4. The fourth-order valence-electron chi connectivity index (χ4n) is 5.76. The van der Waals surface area contributed by atoms with Gasteiger partial charge < -0.3 is 28.8 Å². The van der Waals surface area contributed by atoms with Gasteiger partial charge in [-0.25, -0.2) is 9.59 Å². The van der Waals surface area contributed by atoms with E-state index in [1.54, 1.807) is 56.9 Å². The number of carbonyl (C=O) groups excluding carboxylic acids is 4. The van der Waals surface area contributed by atoms with Crippen molar-refractivity contribution in [2.45, 2.75) is 45.1 Å². The topological polar surface area (TPSA) is 124 Å². The second kappa shape index (κ2) is 9.69. The summed E-state index contributed by atoms with van der Waals surface area (Å²) in [5.74, 6) is -0.709. The molecule has 10 nitrogen and oxygen atoms in total. The maximum atomic E-state index is 13.4. The van der Waals surface area contributed by atoms with E-state index in [9.17, 15) is 19.2 Å². The van der Waals surface area contributed by atoms with Gasteiger partial charge in [0.15, 0.2) is 18.1 Å². The standard InChI is InChI=1S/C30H32N2O8/c1-16-25(28(36)38-6)26-27(31-16)19(33)12-22-30(26)13-18(30)14-32(22)23(34)10-8-17-7-9-20(37-5)21(11-17)39-15-24(35)40-29(2,3)4/h7-12,18,31H,13-15H2,1-6H3/b10-8+/t18-,30+/m1/s1. The number of nitrogens with zero attached hydrogens (tertiary/aromatic N) is 1. The smallest absolute Gasteiger partial charge is 0.344 e. The van der Waals surface area contributed by atoms with E-state index in [-0.39, 0.29) is 24.2 Å². The lowest BCUT2D eigenvalue weighted by molar-refractivity contribution is -0.157. The van der Waals surface area contributed by atoms with Crippen LogP contribution in [0.1, 0.15) is 64.9 Å². The van der Waals surface area contributed by atoms with E-state index in [1.807, 2.05) is 0 Å². The zero-order chi connectivity index (χ0) is 29.0. The number of fused-ring (bicyclic) bond motifs is 1. The molecule has 2 fully saturated rings. The van der Waals surface area contributed by atoms with Gasteiger partial charge in [0.2, 0.25) is 5.78 Å². The van der Waals surface area contributed by atoms with Gasteiger partial charge in [0.05, 0.1) is 25.5 Å². The average Bonchev–Trinajstić information content (AvgIpc) is 3.34. The van der Waals surface area contributed by atoms with Crippen LogP contribution >= 0.6 is 0 Å². The number of rotatable bonds is 7. The molecule has 1 saturated carbocycles.